The molecule has 1 saturated carbocycles. The lowest BCUT2D eigenvalue weighted by molar-refractivity contribution is -0.130. The number of H-pyrrole nitrogens is 1. The summed E-state index contributed by atoms with van der Waals surface area (Å²) in [7, 11) is 0. The highest BCUT2D eigenvalue weighted by Gasteiger charge is 2.40. The summed E-state index contributed by atoms with van der Waals surface area (Å²) in [4.78, 5) is 43.8. The van der Waals surface area contributed by atoms with Gasteiger partial charge in [-0.1, -0.05) is 43.4 Å². The number of hydrogen-bond acceptors (Lipinski definition) is 7. The van der Waals surface area contributed by atoms with Crippen LogP contribution in [0.4, 0.5) is 0 Å². The molecule has 9 nitrogen and oxygen atoms in total. The molecule has 10 heteroatoms. The number of ether oxygens (including phenoxy) is 1. The van der Waals surface area contributed by atoms with Crippen LogP contribution in [0.5, 0.6) is 5.75 Å². The van der Waals surface area contributed by atoms with E-state index in [1.54, 1.807) is 29.2 Å². The number of aryl methyl sites for hydroxylation is 1. The Bertz CT molecular complexity index is 1580. The summed E-state index contributed by atoms with van der Waals surface area (Å²) in [5.41, 5.74) is 3.40. The van der Waals surface area contributed by atoms with Gasteiger partial charge in [-0.15, -0.1) is 0 Å². The molecule has 1 aliphatic carbocycles. The molecule has 1 saturated heterocycles. The van der Waals surface area contributed by atoms with E-state index in [1.807, 2.05) is 51.1 Å². The lowest BCUT2D eigenvalue weighted by atomic mass is 10.0. The normalized spacial score (nSPS) is 18.1. The zero-order valence-corrected chi connectivity index (χ0v) is 24.4. The Morgan fingerprint density at radius 1 is 1.10 bits per heavy atom. The minimum absolute atomic E-state index is 0.0980. The Hall–Kier alpha value is -4.05. The van der Waals surface area contributed by atoms with Gasteiger partial charge in [0.05, 0.1) is 17.5 Å². The molecule has 2 aliphatic rings. The highest BCUT2D eigenvalue weighted by atomic mass is 32.1. The van der Waals surface area contributed by atoms with Gasteiger partial charge in [-0.2, -0.15) is 5.10 Å². The van der Waals surface area contributed by atoms with Crippen LogP contribution in [-0.2, 0) is 11.4 Å². The topological polar surface area (TPSA) is 117 Å². The second kappa shape index (κ2) is 12.6. The number of carbonyl (C=O) groups excluding carboxylic acids is 2. The first-order chi connectivity index (χ1) is 19.9. The zero-order chi connectivity index (χ0) is 28.9. The van der Waals surface area contributed by atoms with Crippen molar-refractivity contribution in [3.8, 4) is 5.75 Å². The molecule has 2 amide bonds. The smallest absolute Gasteiger partial charge is 0.322 e. The van der Waals surface area contributed by atoms with Gasteiger partial charge in [-0.05, 0) is 62.1 Å². The van der Waals surface area contributed by atoms with Crippen LogP contribution in [0, 0.1) is 12.8 Å². The third kappa shape index (κ3) is 6.82. The van der Waals surface area contributed by atoms with Gasteiger partial charge in [0.25, 0.3) is 5.91 Å². The van der Waals surface area contributed by atoms with Gasteiger partial charge in [0.15, 0.2) is 0 Å². The molecule has 0 spiro atoms. The molecule has 2 aromatic heterocycles. The number of para-hydroxylation sites is 1. The molecule has 0 radical (unpaired) electrons. The summed E-state index contributed by atoms with van der Waals surface area (Å²) in [5.74, 6) is 0.754. The number of fused-ring (bicyclic) bond motifs is 1. The van der Waals surface area contributed by atoms with Crippen molar-refractivity contribution in [3.63, 3.8) is 0 Å². The number of nitrogens with zero attached hydrogens (tertiary/aromatic N) is 3. The lowest BCUT2D eigenvalue weighted by Gasteiger charge is -2.18. The largest absolute Gasteiger partial charge is 0.489 e. The van der Waals surface area contributed by atoms with Crippen LogP contribution >= 0.6 is 11.3 Å². The van der Waals surface area contributed by atoms with E-state index in [4.69, 9.17) is 4.74 Å². The Labute approximate surface area is 243 Å². The molecule has 2 fully saturated rings. The second-order valence-corrected chi connectivity index (χ2v) is 11.3. The monoisotopic (exact) mass is 573 g/mol. The van der Waals surface area contributed by atoms with Crippen molar-refractivity contribution in [2.75, 3.05) is 13.1 Å². The van der Waals surface area contributed by atoms with Crippen molar-refractivity contribution in [1.82, 2.24) is 25.4 Å². The lowest BCUT2D eigenvalue weighted by Crippen LogP contribution is -2.40. The number of carbonyl (C=O) groups is 2. The Balaban J connectivity index is 0.00000165. The second-order valence-electron chi connectivity index (χ2n) is 10.3. The number of benzene rings is 2. The Morgan fingerprint density at radius 3 is 2.56 bits per heavy atom. The first-order valence-corrected chi connectivity index (χ1v) is 15.0. The SMILES string of the molecule is CC.Cc1cc(COc2ccc(C(=O)NC3CN(C(=O)CC4CC4)CC3c3n[nH]c(=O)s3)cc2)c2ccccc2n1. The molecule has 214 valence electrons. The van der Waals surface area contributed by atoms with Crippen molar-refractivity contribution in [2.45, 2.75) is 58.6 Å². The van der Waals surface area contributed by atoms with Crippen LogP contribution in [0.1, 0.15) is 65.7 Å². The molecule has 2 aromatic carbocycles. The first-order valence-electron chi connectivity index (χ1n) is 14.1. The summed E-state index contributed by atoms with van der Waals surface area (Å²) in [6, 6.07) is 16.7. The maximum absolute atomic E-state index is 13.2. The Morgan fingerprint density at radius 2 is 1.85 bits per heavy atom. The zero-order valence-electron chi connectivity index (χ0n) is 23.6. The number of likely N-dealkylation sites (tertiary alicyclic amines) is 1. The van der Waals surface area contributed by atoms with Gasteiger partial charge in [-0.3, -0.25) is 19.4 Å². The van der Waals surface area contributed by atoms with E-state index >= 15 is 0 Å². The fourth-order valence-corrected chi connectivity index (χ4v) is 5.89. The van der Waals surface area contributed by atoms with Crippen LogP contribution in [0.2, 0.25) is 0 Å². The fraction of sp³-hybridized carbons (Fsp3) is 0.387. The first kappa shape index (κ1) is 28.5. The van der Waals surface area contributed by atoms with E-state index in [9.17, 15) is 14.4 Å². The van der Waals surface area contributed by atoms with Crippen LogP contribution in [0.25, 0.3) is 10.9 Å². The van der Waals surface area contributed by atoms with Gasteiger partial charge in [-0.25, -0.2) is 5.10 Å². The van der Waals surface area contributed by atoms with Crippen molar-refractivity contribution in [2.24, 2.45) is 5.92 Å². The van der Waals surface area contributed by atoms with E-state index in [0.717, 1.165) is 46.3 Å². The summed E-state index contributed by atoms with van der Waals surface area (Å²) in [6.45, 7) is 7.19. The van der Waals surface area contributed by atoms with E-state index in [1.165, 1.54) is 0 Å². The van der Waals surface area contributed by atoms with Crippen molar-refractivity contribution in [3.05, 3.63) is 86.1 Å². The van der Waals surface area contributed by atoms with Crippen LogP contribution in [-0.4, -0.2) is 51.0 Å². The van der Waals surface area contributed by atoms with E-state index in [0.29, 0.717) is 48.4 Å². The average Bonchev–Trinajstić information content (AvgIpc) is 3.53. The summed E-state index contributed by atoms with van der Waals surface area (Å²) >= 11 is 1.03. The number of nitrogens with one attached hydrogen (secondary N) is 2. The minimum atomic E-state index is -0.334. The molecule has 41 heavy (non-hydrogen) atoms. The molecule has 2 N–H and O–H groups in total. The van der Waals surface area contributed by atoms with Gasteiger partial charge in [0.1, 0.15) is 17.4 Å². The summed E-state index contributed by atoms with van der Waals surface area (Å²) < 4.78 is 6.03. The maximum Gasteiger partial charge on any atom is 0.322 e. The fourth-order valence-electron chi connectivity index (χ4n) is 5.13. The molecule has 4 aromatic rings. The molecule has 3 heterocycles. The molecule has 6 rings (SSSR count). The standard InChI is InChI=1S/C29H29N5O4S.C2H6/c1-17-12-20(22-4-2-3-5-24(22)30-17)16-38-21-10-8-19(9-11-21)27(36)31-25-15-34(26(35)13-18-6-7-18)14-23(25)28-32-33-29(37)39-28;1-2/h2-5,8-12,18,23,25H,6-7,13-16H2,1H3,(H,31,36)(H,33,37);1-2H3. The molecule has 2 unspecified atom stereocenters. The van der Waals surface area contributed by atoms with Crippen molar-refractivity contribution in [1.29, 1.82) is 0 Å². The van der Waals surface area contributed by atoms with Crippen LogP contribution in [0.3, 0.4) is 0 Å². The van der Waals surface area contributed by atoms with Gasteiger partial charge < -0.3 is 15.0 Å². The Kier molecular flexibility index (Phi) is 8.78. The maximum atomic E-state index is 13.2. The number of pyridine rings is 1. The molecular weight excluding hydrogens is 538 g/mol. The van der Waals surface area contributed by atoms with Crippen molar-refractivity contribution >= 4 is 34.1 Å². The van der Waals surface area contributed by atoms with E-state index in [2.05, 4.69) is 20.5 Å². The predicted octanol–water partition coefficient (Wildman–Crippen LogP) is 4.82. The van der Waals surface area contributed by atoms with Gasteiger partial charge in [0, 0.05) is 41.7 Å². The third-order valence-electron chi connectivity index (χ3n) is 7.36. The number of aromatic nitrogens is 3. The average molecular weight is 574 g/mol. The number of amides is 2. The van der Waals surface area contributed by atoms with Crippen LogP contribution in [0.15, 0.2) is 59.4 Å². The highest BCUT2D eigenvalue weighted by Crippen LogP contribution is 2.35. The van der Waals surface area contributed by atoms with Gasteiger partial charge >= 0.3 is 4.87 Å². The number of rotatable bonds is 8. The summed E-state index contributed by atoms with van der Waals surface area (Å²) in [6.07, 6.45) is 2.74. The van der Waals surface area contributed by atoms with Gasteiger partial charge in [0.2, 0.25) is 5.91 Å². The minimum Gasteiger partial charge on any atom is -0.489 e. The summed E-state index contributed by atoms with van der Waals surface area (Å²) in [5, 5.41) is 11.3. The van der Waals surface area contributed by atoms with Crippen molar-refractivity contribution < 1.29 is 14.3 Å². The van der Waals surface area contributed by atoms with E-state index in [-0.39, 0.29) is 28.6 Å². The number of aromatic amines is 1. The predicted molar refractivity (Wildman–Crippen MR) is 159 cm³/mol. The molecule has 2 atom stereocenters. The molecule has 0 bridgehead atoms. The highest BCUT2D eigenvalue weighted by molar-refractivity contribution is 7.08. The quantitative estimate of drug-likeness (QED) is 0.312. The molecule has 1 aliphatic heterocycles. The number of hydrogen-bond donors (Lipinski definition) is 2. The third-order valence-corrected chi connectivity index (χ3v) is 8.24. The van der Waals surface area contributed by atoms with E-state index < -0.39 is 0 Å². The molecular formula is C31H35N5O4S. The van der Waals surface area contributed by atoms with Crippen LogP contribution < -0.4 is 14.9 Å².